The number of hydrogen-bond acceptors (Lipinski definition) is 2. The smallest absolute Gasteiger partial charge is 0.372 e. The number of esters is 1. The second-order valence-corrected chi connectivity index (χ2v) is 5.96. The Morgan fingerprint density at radius 2 is 1.77 bits per heavy atom. The third-order valence-corrected chi connectivity index (χ3v) is 4.14. The largest absolute Gasteiger partial charge is 1.00 e. The molecule has 0 radical (unpaired) electrons. The van der Waals surface area contributed by atoms with Crippen LogP contribution in [0.25, 0.3) is 22.9 Å². The molecule has 3 rings (SSSR count). The zero-order valence-corrected chi connectivity index (χ0v) is 16.6. The number of hydrogen-bond donors (Lipinski definition) is 0. The lowest BCUT2D eigenvalue weighted by Crippen LogP contribution is -3.00. The van der Waals surface area contributed by atoms with Gasteiger partial charge in [-0.3, -0.25) is 0 Å². The van der Waals surface area contributed by atoms with E-state index < -0.39 is 0 Å². The van der Waals surface area contributed by atoms with Gasteiger partial charge < -0.3 is 21.7 Å². The zero-order chi connectivity index (χ0) is 17.6. The van der Waals surface area contributed by atoms with Crippen molar-refractivity contribution in [2.45, 2.75) is 20.4 Å². The molecule has 1 aromatic heterocycles. The number of nitrogens with zero attached hydrogens (tertiary/aromatic N) is 1. The Morgan fingerprint density at radius 3 is 2.54 bits per heavy atom. The summed E-state index contributed by atoms with van der Waals surface area (Å²) < 4.78 is 6.84. The van der Waals surface area contributed by atoms with Crippen molar-refractivity contribution in [2.75, 3.05) is 6.61 Å². The lowest BCUT2D eigenvalue weighted by Gasteiger charge is -2.03. The van der Waals surface area contributed by atoms with E-state index in [-0.39, 0.29) is 29.5 Å². The quantitative estimate of drug-likeness (QED) is 0.466. The fourth-order valence-electron chi connectivity index (χ4n) is 2.89. The summed E-state index contributed by atoms with van der Waals surface area (Å²) in [4.78, 5) is 11.6. The molecule has 3 nitrogen and oxygen atoms in total. The van der Waals surface area contributed by atoms with Crippen LogP contribution in [0, 0.1) is 6.92 Å². The van der Waals surface area contributed by atoms with Gasteiger partial charge in [0.05, 0.1) is 6.61 Å². The molecule has 1 heterocycles. The second-order valence-electron chi connectivity index (χ2n) is 5.96. The predicted molar refractivity (Wildman–Crippen MR) is 101 cm³/mol. The van der Waals surface area contributed by atoms with Gasteiger partial charge in [0, 0.05) is 11.6 Å². The normalized spacial score (nSPS) is 10.7. The van der Waals surface area contributed by atoms with Crippen molar-refractivity contribution >= 4 is 28.9 Å². The van der Waals surface area contributed by atoms with Crippen molar-refractivity contribution in [3.63, 3.8) is 0 Å². The lowest BCUT2D eigenvalue weighted by molar-refractivity contribution is -0.686. The minimum absolute atomic E-state index is 0. The van der Waals surface area contributed by atoms with Crippen LogP contribution in [0.15, 0.2) is 60.9 Å². The third kappa shape index (κ3) is 4.79. The molecule has 0 amide bonds. The van der Waals surface area contributed by atoms with Crippen molar-refractivity contribution in [3.8, 4) is 0 Å². The SMILES string of the molecule is CCOC(=O)C[n+]1ccc(/C=C/c2cccc3ccccc23)c(C)c1.[Br-]. The van der Waals surface area contributed by atoms with Crippen LogP contribution in [0.1, 0.15) is 23.6 Å². The molecular formula is C22H22BrNO2. The zero-order valence-electron chi connectivity index (χ0n) is 15.0. The van der Waals surface area contributed by atoms with Crippen molar-refractivity contribution in [2.24, 2.45) is 0 Å². The molecule has 0 N–H and O–H groups in total. The van der Waals surface area contributed by atoms with Crippen LogP contribution in [0.3, 0.4) is 0 Å². The van der Waals surface area contributed by atoms with Gasteiger partial charge >= 0.3 is 5.97 Å². The number of fused-ring (bicyclic) bond motifs is 1. The molecule has 134 valence electrons. The molecule has 0 saturated heterocycles. The van der Waals surface area contributed by atoms with Gasteiger partial charge in [0.25, 0.3) is 0 Å². The first-order valence-corrected chi connectivity index (χ1v) is 8.48. The van der Waals surface area contributed by atoms with Gasteiger partial charge in [-0.15, -0.1) is 0 Å². The summed E-state index contributed by atoms with van der Waals surface area (Å²) >= 11 is 0. The van der Waals surface area contributed by atoms with Crippen molar-refractivity contribution in [1.82, 2.24) is 0 Å². The van der Waals surface area contributed by atoms with E-state index in [9.17, 15) is 4.79 Å². The van der Waals surface area contributed by atoms with Crippen LogP contribution in [0.2, 0.25) is 0 Å². The van der Waals surface area contributed by atoms with E-state index in [1.807, 2.05) is 36.9 Å². The van der Waals surface area contributed by atoms with E-state index in [1.165, 1.54) is 16.3 Å². The second kappa shape index (κ2) is 9.30. The number of halogens is 1. The molecule has 0 aliphatic carbocycles. The fourth-order valence-corrected chi connectivity index (χ4v) is 2.89. The first-order chi connectivity index (χ1) is 12.2. The average molecular weight is 412 g/mol. The molecule has 2 aromatic carbocycles. The van der Waals surface area contributed by atoms with Crippen LogP contribution in [0.5, 0.6) is 0 Å². The van der Waals surface area contributed by atoms with Crippen LogP contribution in [-0.2, 0) is 16.1 Å². The number of pyridine rings is 1. The Morgan fingerprint density at radius 1 is 1.04 bits per heavy atom. The Hall–Kier alpha value is -2.46. The minimum Gasteiger partial charge on any atom is -1.00 e. The van der Waals surface area contributed by atoms with Gasteiger partial charge in [-0.25, -0.2) is 4.79 Å². The molecule has 0 atom stereocenters. The van der Waals surface area contributed by atoms with Gasteiger partial charge in [0.15, 0.2) is 12.4 Å². The van der Waals surface area contributed by atoms with E-state index in [0.29, 0.717) is 6.61 Å². The Labute approximate surface area is 164 Å². The minimum atomic E-state index is -0.217. The maximum Gasteiger partial charge on any atom is 0.372 e. The van der Waals surface area contributed by atoms with E-state index in [4.69, 9.17) is 4.74 Å². The standard InChI is InChI=1S/C22H22NO2.BrH/c1-3-25-22(24)16-23-14-13-18(17(2)15-23)11-12-20-9-6-8-19-7-4-5-10-21(19)20;/h4-15H,3,16H2,1-2H3;1H/q+1;/p-1/b12-11+;. The maximum absolute atomic E-state index is 11.6. The summed E-state index contributed by atoms with van der Waals surface area (Å²) in [5.41, 5.74) is 3.44. The lowest BCUT2D eigenvalue weighted by atomic mass is 10.0. The third-order valence-electron chi connectivity index (χ3n) is 4.14. The molecule has 0 saturated carbocycles. The highest BCUT2D eigenvalue weighted by molar-refractivity contribution is 5.92. The molecule has 0 bridgehead atoms. The summed E-state index contributed by atoms with van der Waals surface area (Å²) in [6.45, 7) is 4.51. The van der Waals surface area contributed by atoms with Gasteiger partial charge in [0.1, 0.15) is 0 Å². The topological polar surface area (TPSA) is 30.2 Å². The first kappa shape index (κ1) is 19.9. The highest BCUT2D eigenvalue weighted by Crippen LogP contribution is 2.21. The van der Waals surface area contributed by atoms with E-state index in [0.717, 1.165) is 11.1 Å². The fraction of sp³-hybridized carbons (Fsp3) is 0.182. The average Bonchev–Trinajstić information content (AvgIpc) is 2.61. The number of aromatic nitrogens is 1. The monoisotopic (exact) mass is 411 g/mol. The number of ether oxygens (including phenoxy) is 1. The highest BCUT2D eigenvalue weighted by Gasteiger charge is 2.11. The number of carbonyl (C=O) groups is 1. The maximum atomic E-state index is 11.6. The van der Waals surface area contributed by atoms with Gasteiger partial charge in [-0.1, -0.05) is 54.6 Å². The summed E-state index contributed by atoms with van der Waals surface area (Å²) in [5, 5.41) is 2.48. The molecule has 0 aliphatic rings. The predicted octanol–water partition coefficient (Wildman–Crippen LogP) is 1.17. The number of carbonyl (C=O) groups excluding carboxylic acids is 1. The van der Waals surface area contributed by atoms with Gasteiger partial charge in [-0.2, -0.15) is 4.57 Å². The number of rotatable bonds is 5. The van der Waals surface area contributed by atoms with Crippen molar-refractivity contribution in [3.05, 3.63) is 77.6 Å². The van der Waals surface area contributed by atoms with Crippen molar-refractivity contribution in [1.29, 1.82) is 0 Å². The Balaban J connectivity index is 0.00000243. The molecule has 0 fully saturated rings. The summed E-state index contributed by atoms with van der Waals surface area (Å²) in [6.07, 6.45) is 8.14. The van der Waals surface area contributed by atoms with Crippen LogP contribution < -0.4 is 21.5 Å². The van der Waals surface area contributed by atoms with Gasteiger partial charge in [-0.05, 0) is 35.7 Å². The molecule has 26 heavy (non-hydrogen) atoms. The van der Waals surface area contributed by atoms with Gasteiger partial charge in [0.2, 0.25) is 6.54 Å². The highest BCUT2D eigenvalue weighted by atomic mass is 79.9. The Kier molecular flexibility index (Phi) is 7.10. The van der Waals surface area contributed by atoms with Crippen LogP contribution in [-0.4, -0.2) is 12.6 Å². The van der Waals surface area contributed by atoms with E-state index in [1.54, 1.807) is 0 Å². The summed E-state index contributed by atoms with van der Waals surface area (Å²) in [7, 11) is 0. The molecule has 4 heteroatoms. The molecule has 0 spiro atoms. The molecule has 0 unspecified atom stereocenters. The van der Waals surface area contributed by atoms with Crippen LogP contribution >= 0.6 is 0 Å². The summed E-state index contributed by atoms with van der Waals surface area (Å²) in [6, 6.07) is 16.7. The number of aryl methyl sites for hydroxylation is 1. The van der Waals surface area contributed by atoms with Crippen molar-refractivity contribution < 1.29 is 31.1 Å². The molecule has 3 aromatic rings. The molecular weight excluding hydrogens is 390 g/mol. The van der Waals surface area contributed by atoms with E-state index in [2.05, 4.69) is 54.6 Å². The van der Waals surface area contributed by atoms with Crippen LogP contribution in [0.4, 0.5) is 0 Å². The summed E-state index contributed by atoms with van der Waals surface area (Å²) in [5.74, 6) is -0.217. The Bertz CT molecular complexity index is 929. The first-order valence-electron chi connectivity index (χ1n) is 8.48. The van der Waals surface area contributed by atoms with E-state index >= 15 is 0 Å². The number of benzene rings is 2. The molecule has 0 aliphatic heterocycles.